The highest BCUT2D eigenvalue weighted by Crippen LogP contribution is 2.22. The number of pyridine rings is 5. The summed E-state index contributed by atoms with van der Waals surface area (Å²) < 4.78 is 62.8. The Labute approximate surface area is 792 Å². The number of benzene rings is 5. The summed E-state index contributed by atoms with van der Waals surface area (Å²) >= 11 is 0. The minimum absolute atomic E-state index is 0.127. The van der Waals surface area contributed by atoms with Crippen LogP contribution in [0, 0.1) is 49.0 Å². The number of rotatable bonds is 39. The second kappa shape index (κ2) is 52.0. The van der Waals surface area contributed by atoms with Crippen molar-refractivity contribution in [2.45, 2.75) is 183 Å². The molecule has 15 aromatic rings. The first-order valence-electron chi connectivity index (χ1n) is 45.1. The number of aryl methyl sites for hydroxylation is 15. The zero-order chi connectivity index (χ0) is 97.5. The number of allylic oxidation sites excluding steroid dienone is 1. The van der Waals surface area contributed by atoms with Crippen LogP contribution in [0.4, 0.5) is 17.6 Å². The van der Waals surface area contributed by atoms with Gasteiger partial charge in [-0.3, -0.25) is 19.9 Å². The molecule has 0 saturated heterocycles. The third kappa shape index (κ3) is 32.8. The quantitative estimate of drug-likeness (QED) is 0.0154. The third-order valence-corrected chi connectivity index (χ3v) is 22.0. The topological polar surface area (TPSA) is 360 Å². The molecule has 0 spiro atoms. The van der Waals surface area contributed by atoms with Crippen LogP contribution in [0.3, 0.4) is 0 Å². The van der Waals surface area contributed by atoms with Gasteiger partial charge in [-0.25, -0.2) is 71.4 Å². The highest BCUT2D eigenvalue weighted by atomic mass is 19.1. The molecule has 5 aromatic carbocycles. The molecule has 0 amide bonds. The van der Waals surface area contributed by atoms with E-state index in [0.717, 1.165) is 163 Å². The number of carboxylic acid groups (broad SMARTS) is 5. The first-order valence-corrected chi connectivity index (χ1v) is 45.1. The Kier molecular flexibility index (Phi) is 38.7. The Hall–Kier alpha value is -15.8. The molecule has 15 rings (SSSR count). The van der Waals surface area contributed by atoms with E-state index in [-0.39, 0.29) is 52.1 Å². The number of aliphatic hydroxyl groups excluding tert-OH is 1. The molecule has 0 unspecified atom stereocenters. The number of aromatic carboxylic acids is 5. The summed E-state index contributed by atoms with van der Waals surface area (Å²) in [5, 5.41) is 55.3. The Morgan fingerprint density at radius 1 is 0.365 bits per heavy atom. The van der Waals surface area contributed by atoms with E-state index in [0.29, 0.717) is 98.0 Å². The van der Waals surface area contributed by atoms with Crippen molar-refractivity contribution in [3.8, 4) is 11.8 Å². The molecule has 6 N–H and O–H groups in total. The summed E-state index contributed by atoms with van der Waals surface area (Å²) in [6.45, 7) is 12.4. The molecule has 0 aliphatic heterocycles. The van der Waals surface area contributed by atoms with Gasteiger partial charge in [0.15, 0.2) is 0 Å². The van der Waals surface area contributed by atoms with E-state index in [1.807, 2.05) is 76.9 Å². The SMILES string of the molecule is C/C=C/c1cc(C(=O)O)cc(CCCc2nccn2Cc2ccc(F)cc2)n1.CC#Cc1cc(C(=O)O)cc(CCCc2nccn2Cc2ccc(F)cc2)n1.CCc1cnc(CCCc2cc(C(=O)O)cc(C)n2)n1Cc1ccc(F)cc1.Cc1cc(C(=O)O)cc(CCCc2nccn2CCc2ccccc2)n1.O=C(O)c1cc(CO)nc(CCCc2nccn2Cc2ccc(F)cc2)c1. The van der Waals surface area contributed by atoms with E-state index in [4.69, 9.17) is 10.2 Å². The molecule has 0 fully saturated rings. The van der Waals surface area contributed by atoms with Crippen LogP contribution in [0.5, 0.6) is 0 Å². The van der Waals surface area contributed by atoms with Crippen molar-refractivity contribution in [2.75, 3.05) is 0 Å². The van der Waals surface area contributed by atoms with Gasteiger partial charge in [0.25, 0.3) is 0 Å². The van der Waals surface area contributed by atoms with Crippen molar-refractivity contribution in [1.82, 2.24) is 72.7 Å². The van der Waals surface area contributed by atoms with E-state index >= 15 is 0 Å². The van der Waals surface area contributed by atoms with Gasteiger partial charge in [0, 0.05) is 166 Å². The first-order chi connectivity index (χ1) is 66.2. The van der Waals surface area contributed by atoms with Crippen LogP contribution in [0.25, 0.3) is 6.08 Å². The van der Waals surface area contributed by atoms with E-state index in [1.165, 1.54) is 72.3 Å². The Balaban J connectivity index is 0.000000164. The van der Waals surface area contributed by atoms with Crippen LogP contribution in [-0.2, 0) is 116 Å². The molecule has 0 aliphatic rings. The number of halogens is 4. The van der Waals surface area contributed by atoms with Gasteiger partial charge >= 0.3 is 29.8 Å². The van der Waals surface area contributed by atoms with E-state index in [9.17, 15) is 62.0 Å². The van der Waals surface area contributed by atoms with Gasteiger partial charge in [-0.05, 0) is 254 Å². The summed E-state index contributed by atoms with van der Waals surface area (Å²) in [5.74, 6) is 4.54. The highest BCUT2D eigenvalue weighted by Gasteiger charge is 2.18. The smallest absolute Gasteiger partial charge is 0.335 e. The van der Waals surface area contributed by atoms with Crippen LogP contribution in [-0.4, -0.2) is 133 Å². The number of aromatic nitrogens is 15. The number of carboxylic acids is 5. The second-order valence-corrected chi connectivity index (χ2v) is 32.4. The summed E-state index contributed by atoms with van der Waals surface area (Å²) in [7, 11) is 0. The fraction of sp³-hybridized carbons (Fsp3) is 0.262. The van der Waals surface area contributed by atoms with Crippen molar-refractivity contribution in [1.29, 1.82) is 0 Å². The third-order valence-electron chi connectivity index (χ3n) is 22.0. The molecule has 137 heavy (non-hydrogen) atoms. The average Bonchev–Trinajstić information content (AvgIpc) is 1.77. The van der Waals surface area contributed by atoms with E-state index < -0.39 is 29.8 Å². The van der Waals surface area contributed by atoms with Gasteiger partial charge in [0.05, 0.1) is 45.8 Å². The molecule has 10 heterocycles. The molecule has 0 bridgehead atoms. The summed E-state index contributed by atoms with van der Waals surface area (Å²) in [5.41, 5.74) is 14.2. The molecular weight excluding hydrogens is 1750 g/mol. The van der Waals surface area contributed by atoms with Crippen molar-refractivity contribution < 1.29 is 72.2 Å². The summed E-state index contributed by atoms with van der Waals surface area (Å²) in [6, 6.07) is 51.8. The van der Waals surface area contributed by atoms with E-state index in [2.05, 4.69) is 102 Å². The molecule has 26 nitrogen and oxygen atoms in total. The molecular formula is C107H109F4N15O11. The molecule has 30 heteroatoms. The standard InChI is InChI=1S/C22H24FN3O2.C22H22FN3O2.C22H20FN3O2.C21H23N3O2.C20H20FN3O3/c1-3-20-13-24-21(26(20)14-16-7-9-18(23)10-8-16)6-4-5-19-12-17(22(27)28)11-15(2)25-19;2*1-2-4-19-13-17(22(27)28)14-20(25-19)5-3-6-21-24-11-12-26(21)15-16-7-9-18(23)10-8-16;1-16-14-18(21(25)26)15-19(23-16)8-5-9-20-22-11-13-24(20)12-10-17-6-3-2-4-7-17;21-16-6-4-14(5-7-16)12-24-9-8-22-19(24)3-1-2-17-10-15(20(26)27)11-18(13-25)23-17/h7-13H,3-6,14H2,1-2H3,(H,27,28);2,4,7-14H,3,5-6,15H2,1H3,(H,27,28);7-14H,3,5-6,15H2,1H3,(H,27,28);2-4,6-7,11,13-15H,5,8-10,12H2,1H3,(H,25,26);4-11,25H,1-3,12-13H2,(H,26,27)/b;4-2+;;;. The van der Waals surface area contributed by atoms with Crippen LogP contribution in [0.2, 0.25) is 0 Å². The predicted molar refractivity (Wildman–Crippen MR) is 511 cm³/mol. The van der Waals surface area contributed by atoms with Gasteiger partial charge in [0.2, 0.25) is 0 Å². The van der Waals surface area contributed by atoms with Crippen LogP contribution in [0.15, 0.2) is 250 Å². The minimum atomic E-state index is -1.04. The monoisotopic (exact) mass is 1860 g/mol. The minimum Gasteiger partial charge on any atom is -0.478 e. The van der Waals surface area contributed by atoms with Gasteiger partial charge in [0.1, 0.15) is 58.1 Å². The molecule has 0 saturated carbocycles. The number of nitrogens with zero attached hydrogens (tertiary/aromatic N) is 15. The number of aliphatic hydroxyl groups is 1. The Morgan fingerprint density at radius 2 is 0.708 bits per heavy atom. The largest absolute Gasteiger partial charge is 0.478 e. The fourth-order valence-corrected chi connectivity index (χ4v) is 15.3. The van der Waals surface area contributed by atoms with Gasteiger partial charge in [-0.1, -0.05) is 97.8 Å². The number of hydrogen-bond donors (Lipinski definition) is 6. The zero-order valence-corrected chi connectivity index (χ0v) is 77.0. The maximum absolute atomic E-state index is 13.2. The number of hydrogen-bond acceptors (Lipinski definition) is 16. The lowest BCUT2D eigenvalue weighted by atomic mass is 10.1. The maximum atomic E-state index is 13.2. The molecule has 0 radical (unpaired) electrons. The predicted octanol–water partition coefficient (Wildman–Crippen LogP) is 18.8. The highest BCUT2D eigenvalue weighted by molar-refractivity contribution is 5.90. The fourth-order valence-electron chi connectivity index (χ4n) is 15.3. The van der Waals surface area contributed by atoms with Crippen molar-refractivity contribution in [3.63, 3.8) is 0 Å². The first kappa shape index (κ1) is 102. The Morgan fingerprint density at radius 3 is 1.09 bits per heavy atom. The molecule has 0 atom stereocenters. The van der Waals surface area contributed by atoms with Gasteiger partial charge in [-0.15, -0.1) is 0 Å². The van der Waals surface area contributed by atoms with Gasteiger partial charge in [-0.2, -0.15) is 0 Å². The lowest BCUT2D eigenvalue weighted by molar-refractivity contribution is 0.0685. The van der Waals surface area contributed by atoms with Gasteiger partial charge < -0.3 is 53.5 Å². The van der Waals surface area contributed by atoms with Crippen molar-refractivity contribution >= 4 is 35.9 Å². The normalized spacial score (nSPS) is 10.8. The molecule has 0 aliphatic carbocycles. The zero-order valence-electron chi connectivity index (χ0n) is 77.0. The molecule has 706 valence electrons. The number of carbonyl (C=O) groups is 5. The lowest BCUT2D eigenvalue weighted by Crippen LogP contribution is -2.09. The van der Waals surface area contributed by atoms with Crippen LogP contribution in [0.1, 0.15) is 224 Å². The molecule has 10 aromatic heterocycles. The summed E-state index contributed by atoms with van der Waals surface area (Å²) in [6.07, 6.45) is 33.2. The van der Waals surface area contributed by atoms with E-state index in [1.54, 1.807) is 130 Å². The second-order valence-electron chi connectivity index (χ2n) is 32.4. The van der Waals surface area contributed by atoms with Crippen molar-refractivity contribution in [3.05, 3.63) is 421 Å². The number of imidazole rings is 5. The summed E-state index contributed by atoms with van der Waals surface area (Å²) in [4.78, 5) is 100. The lowest BCUT2D eigenvalue weighted by Gasteiger charge is -2.12. The maximum Gasteiger partial charge on any atom is 0.335 e. The van der Waals surface area contributed by atoms with Crippen LogP contribution < -0.4 is 0 Å². The Bertz CT molecular complexity index is 6600. The van der Waals surface area contributed by atoms with Crippen LogP contribution >= 0.6 is 0 Å². The van der Waals surface area contributed by atoms with Crippen molar-refractivity contribution in [2.24, 2.45) is 0 Å². The average molecular weight is 1860 g/mol.